The molecule has 0 aromatic heterocycles. The number of nitrogens with zero attached hydrogens (tertiary/aromatic N) is 1. The third-order valence-electron chi connectivity index (χ3n) is 4.27. The van der Waals surface area contributed by atoms with E-state index >= 15 is 0 Å². The molecule has 1 aromatic carbocycles. The lowest BCUT2D eigenvalue weighted by molar-refractivity contribution is -0.139. The van der Waals surface area contributed by atoms with Crippen LogP contribution in [0.25, 0.3) is 0 Å². The number of urea groups is 1. The number of hydrogen-bond donors (Lipinski definition) is 1. The van der Waals surface area contributed by atoms with Crippen molar-refractivity contribution in [1.82, 2.24) is 10.2 Å². The molecule has 0 aliphatic carbocycles. The first-order chi connectivity index (χ1) is 12.0. The van der Waals surface area contributed by atoms with Gasteiger partial charge in [-0.3, -0.25) is 4.90 Å². The van der Waals surface area contributed by atoms with Crippen molar-refractivity contribution >= 4 is 27.9 Å². The van der Waals surface area contributed by atoms with Gasteiger partial charge in [-0.25, -0.2) is 9.59 Å². The van der Waals surface area contributed by atoms with Gasteiger partial charge in [0.1, 0.15) is 0 Å². The quantitative estimate of drug-likeness (QED) is 0.420. The average Bonchev–Trinajstić information content (AvgIpc) is 2.58. The van der Waals surface area contributed by atoms with Crippen molar-refractivity contribution < 1.29 is 14.3 Å². The molecule has 0 saturated carbocycles. The number of benzene rings is 1. The van der Waals surface area contributed by atoms with Crippen LogP contribution in [0, 0.1) is 6.92 Å². The number of esters is 1. The van der Waals surface area contributed by atoms with Crippen LogP contribution in [0.2, 0.25) is 0 Å². The predicted molar refractivity (Wildman–Crippen MR) is 102 cm³/mol. The first-order valence-corrected chi connectivity index (χ1v) is 9.70. The fourth-order valence-corrected chi connectivity index (χ4v) is 3.29. The number of carbonyl (C=O) groups excluding carboxylic acids is 2. The number of carbonyl (C=O) groups is 2. The Hall–Kier alpha value is -1.82. The molecular formula is C19H25BrN2O3. The zero-order valence-electron chi connectivity index (χ0n) is 15.0. The van der Waals surface area contributed by atoms with Crippen molar-refractivity contribution in [2.45, 2.75) is 39.7 Å². The van der Waals surface area contributed by atoms with Gasteiger partial charge >= 0.3 is 12.0 Å². The summed E-state index contributed by atoms with van der Waals surface area (Å²) in [6, 6.07) is 7.16. The summed E-state index contributed by atoms with van der Waals surface area (Å²) in [7, 11) is 0. The van der Waals surface area contributed by atoms with Gasteiger partial charge in [-0.05, 0) is 39.2 Å². The Kier molecular flexibility index (Phi) is 7.05. The molecule has 1 aliphatic heterocycles. The molecule has 1 aromatic rings. The highest BCUT2D eigenvalue weighted by Crippen LogP contribution is 2.31. The number of hydrogen-bond acceptors (Lipinski definition) is 3. The van der Waals surface area contributed by atoms with Crippen molar-refractivity contribution in [2.75, 3.05) is 18.5 Å². The number of amides is 2. The van der Waals surface area contributed by atoms with Crippen molar-refractivity contribution in [3.8, 4) is 0 Å². The summed E-state index contributed by atoms with van der Waals surface area (Å²) in [6.07, 6.45) is 1.83. The number of rotatable bonds is 7. The van der Waals surface area contributed by atoms with Crippen LogP contribution in [-0.2, 0) is 9.53 Å². The lowest BCUT2D eigenvalue weighted by Crippen LogP contribution is -2.48. The Labute approximate surface area is 157 Å². The van der Waals surface area contributed by atoms with Crippen LogP contribution < -0.4 is 5.32 Å². The van der Waals surface area contributed by atoms with E-state index in [0.29, 0.717) is 24.4 Å². The Morgan fingerprint density at radius 1 is 1.24 bits per heavy atom. The van der Waals surface area contributed by atoms with Gasteiger partial charge in [-0.2, -0.15) is 0 Å². The number of aryl methyl sites for hydroxylation is 1. The fraction of sp³-hybridized carbons (Fsp3) is 0.474. The number of alkyl halides is 1. The van der Waals surface area contributed by atoms with E-state index in [-0.39, 0.29) is 12.0 Å². The van der Waals surface area contributed by atoms with Gasteiger partial charge in [0.15, 0.2) is 0 Å². The molecule has 0 bridgehead atoms. The van der Waals surface area contributed by atoms with E-state index in [9.17, 15) is 9.59 Å². The average molecular weight is 409 g/mol. The number of halogens is 1. The molecule has 1 heterocycles. The summed E-state index contributed by atoms with van der Waals surface area (Å²) in [4.78, 5) is 26.8. The number of allylic oxidation sites excluding steroid dienone is 1. The molecule has 1 aliphatic rings. The lowest BCUT2D eigenvalue weighted by atomic mass is 9.94. The zero-order chi connectivity index (χ0) is 18.4. The molecule has 136 valence electrons. The second kappa shape index (κ2) is 9.04. The maximum atomic E-state index is 12.6. The van der Waals surface area contributed by atoms with Crippen LogP contribution in [0.4, 0.5) is 4.79 Å². The second-order valence-corrected chi connectivity index (χ2v) is 6.85. The van der Waals surface area contributed by atoms with Crippen LogP contribution >= 0.6 is 15.9 Å². The van der Waals surface area contributed by atoms with Crippen molar-refractivity contribution in [1.29, 1.82) is 0 Å². The minimum Gasteiger partial charge on any atom is -0.463 e. The van der Waals surface area contributed by atoms with Crippen LogP contribution in [0.15, 0.2) is 35.5 Å². The SMILES string of the molecule is CCOC(=O)C1=C(C)N(CCCCBr)C(=O)NC1c1ccc(C)cc1. The highest BCUT2D eigenvalue weighted by Gasteiger charge is 2.36. The molecule has 1 N–H and O–H groups in total. The van der Waals surface area contributed by atoms with Crippen molar-refractivity contribution in [3.63, 3.8) is 0 Å². The highest BCUT2D eigenvalue weighted by atomic mass is 79.9. The standard InChI is InChI=1S/C19H25BrN2O3/c1-4-25-18(23)16-14(3)22(12-6-5-11-20)19(24)21-17(16)15-9-7-13(2)8-10-15/h7-10,17H,4-6,11-12H2,1-3H3,(H,21,24). The van der Waals surface area contributed by atoms with Crippen LogP contribution in [-0.4, -0.2) is 35.4 Å². The summed E-state index contributed by atoms with van der Waals surface area (Å²) >= 11 is 3.40. The molecule has 6 heteroatoms. The number of nitrogens with one attached hydrogen (secondary N) is 1. The Morgan fingerprint density at radius 2 is 1.92 bits per heavy atom. The van der Waals surface area contributed by atoms with Gasteiger partial charge in [-0.15, -0.1) is 0 Å². The molecule has 25 heavy (non-hydrogen) atoms. The maximum absolute atomic E-state index is 12.6. The molecule has 0 saturated heterocycles. The zero-order valence-corrected chi connectivity index (χ0v) is 16.6. The predicted octanol–water partition coefficient (Wildman–Crippen LogP) is 4.07. The maximum Gasteiger partial charge on any atom is 0.338 e. The fourth-order valence-electron chi connectivity index (χ4n) is 2.90. The van der Waals surface area contributed by atoms with Crippen LogP contribution in [0.5, 0.6) is 0 Å². The van der Waals surface area contributed by atoms with E-state index in [0.717, 1.165) is 29.3 Å². The normalized spacial score (nSPS) is 17.5. The summed E-state index contributed by atoms with van der Waals surface area (Å²) in [5.74, 6) is -0.379. The Bertz CT molecular complexity index is 655. The summed E-state index contributed by atoms with van der Waals surface area (Å²) in [5.41, 5.74) is 3.17. The summed E-state index contributed by atoms with van der Waals surface area (Å²) in [5, 5.41) is 3.86. The molecule has 2 rings (SSSR count). The van der Waals surface area contributed by atoms with E-state index in [1.165, 1.54) is 0 Å². The first-order valence-electron chi connectivity index (χ1n) is 8.58. The molecule has 5 nitrogen and oxygen atoms in total. The molecular weight excluding hydrogens is 384 g/mol. The van der Waals surface area contributed by atoms with E-state index in [4.69, 9.17) is 4.74 Å². The van der Waals surface area contributed by atoms with E-state index in [1.54, 1.807) is 11.8 Å². The van der Waals surface area contributed by atoms with Gasteiger partial charge in [0, 0.05) is 17.6 Å². The van der Waals surface area contributed by atoms with Crippen LogP contribution in [0.1, 0.15) is 43.9 Å². The van der Waals surface area contributed by atoms with Gasteiger partial charge in [0.25, 0.3) is 0 Å². The van der Waals surface area contributed by atoms with Crippen molar-refractivity contribution in [3.05, 3.63) is 46.7 Å². The van der Waals surface area contributed by atoms with E-state index < -0.39 is 6.04 Å². The molecule has 0 spiro atoms. The molecule has 2 amide bonds. The first kappa shape index (κ1) is 19.5. The van der Waals surface area contributed by atoms with Gasteiger partial charge in [0.05, 0.1) is 18.2 Å². The lowest BCUT2D eigenvalue weighted by Gasteiger charge is -2.35. The molecule has 1 unspecified atom stereocenters. The third kappa shape index (κ3) is 4.63. The smallest absolute Gasteiger partial charge is 0.338 e. The van der Waals surface area contributed by atoms with Crippen molar-refractivity contribution in [2.24, 2.45) is 0 Å². The highest BCUT2D eigenvalue weighted by molar-refractivity contribution is 9.09. The topological polar surface area (TPSA) is 58.6 Å². The largest absolute Gasteiger partial charge is 0.463 e. The van der Waals surface area contributed by atoms with Gasteiger partial charge in [0.2, 0.25) is 0 Å². The molecule has 0 fully saturated rings. The minimum atomic E-state index is -0.487. The van der Waals surface area contributed by atoms with Gasteiger partial charge < -0.3 is 10.1 Å². The molecule has 0 radical (unpaired) electrons. The number of unbranched alkanes of at least 4 members (excludes halogenated alkanes) is 1. The third-order valence-corrected chi connectivity index (χ3v) is 4.83. The monoisotopic (exact) mass is 408 g/mol. The molecule has 1 atom stereocenters. The van der Waals surface area contributed by atoms with Gasteiger partial charge in [-0.1, -0.05) is 45.8 Å². The van der Waals surface area contributed by atoms with E-state index in [2.05, 4.69) is 21.2 Å². The summed E-state index contributed by atoms with van der Waals surface area (Å²) in [6.45, 7) is 6.48. The van der Waals surface area contributed by atoms with E-state index in [1.807, 2.05) is 38.1 Å². The summed E-state index contributed by atoms with van der Waals surface area (Å²) < 4.78 is 5.25. The Morgan fingerprint density at radius 3 is 2.52 bits per heavy atom. The minimum absolute atomic E-state index is 0.175. The second-order valence-electron chi connectivity index (χ2n) is 6.06. The Balaban J connectivity index is 2.40. The number of ether oxygens (including phenoxy) is 1. The van der Waals surface area contributed by atoms with Crippen LogP contribution in [0.3, 0.4) is 0 Å².